The molecule has 0 radical (unpaired) electrons. The number of nitrogens with one attached hydrogen (secondary N) is 1. The van der Waals surface area contributed by atoms with E-state index in [-0.39, 0.29) is 18.5 Å². The molecule has 186 valence electrons. The number of aryl methyl sites for hydroxylation is 1. The first-order valence-electron chi connectivity index (χ1n) is 11.6. The fraction of sp³-hybridized carbons (Fsp3) is 0.333. The first-order chi connectivity index (χ1) is 16.9. The predicted molar refractivity (Wildman–Crippen MR) is 135 cm³/mol. The third-order valence-corrected chi connectivity index (χ3v) is 5.47. The highest BCUT2D eigenvalue weighted by Crippen LogP contribution is 2.29. The van der Waals surface area contributed by atoms with Crippen LogP contribution in [0.5, 0.6) is 11.5 Å². The lowest BCUT2D eigenvalue weighted by atomic mass is 10.2. The van der Waals surface area contributed by atoms with Crippen molar-refractivity contribution in [1.29, 1.82) is 0 Å². The summed E-state index contributed by atoms with van der Waals surface area (Å²) in [6.45, 7) is 4.92. The number of carbonyl (C=O) groups excluding carboxylic acids is 2. The second-order valence-electron chi connectivity index (χ2n) is 8.17. The van der Waals surface area contributed by atoms with Gasteiger partial charge in [-0.3, -0.25) is 4.79 Å². The molecule has 3 amide bonds. The van der Waals surface area contributed by atoms with Crippen molar-refractivity contribution in [3.63, 3.8) is 0 Å². The zero-order valence-corrected chi connectivity index (χ0v) is 20.7. The number of furan rings is 1. The summed E-state index contributed by atoms with van der Waals surface area (Å²) in [5, 5.41) is 2.86. The Morgan fingerprint density at radius 2 is 1.71 bits per heavy atom. The Kier molecular flexibility index (Phi) is 9.17. The Balaban J connectivity index is 1.76. The van der Waals surface area contributed by atoms with Crippen LogP contribution in [-0.2, 0) is 17.9 Å². The van der Waals surface area contributed by atoms with Crippen LogP contribution in [0.25, 0.3) is 0 Å². The number of hydrogen-bond acceptors (Lipinski definition) is 5. The number of methoxy groups -OCH3 is 2. The molecule has 0 saturated carbocycles. The van der Waals surface area contributed by atoms with E-state index in [0.717, 1.165) is 11.3 Å². The summed E-state index contributed by atoms with van der Waals surface area (Å²) in [6, 6.07) is 18.3. The van der Waals surface area contributed by atoms with Gasteiger partial charge in [0, 0.05) is 19.2 Å². The highest BCUT2D eigenvalue weighted by atomic mass is 16.5. The van der Waals surface area contributed by atoms with E-state index in [0.29, 0.717) is 49.0 Å². The maximum absolute atomic E-state index is 13.4. The Hall–Kier alpha value is -3.94. The smallest absolute Gasteiger partial charge is 0.322 e. The van der Waals surface area contributed by atoms with Crippen molar-refractivity contribution in [1.82, 2.24) is 9.80 Å². The number of nitrogens with zero attached hydrogens (tertiary/aromatic N) is 2. The average molecular weight is 480 g/mol. The lowest BCUT2D eigenvalue weighted by Crippen LogP contribution is -2.44. The Morgan fingerprint density at radius 1 is 0.943 bits per heavy atom. The van der Waals surface area contributed by atoms with Crippen molar-refractivity contribution in [2.45, 2.75) is 33.4 Å². The van der Waals surface area contributed by atoms with Crippen molar-refractivity contribution >= 4 is 17.6 Å². The third-order valence-electron chi connectivity index (χ3n) is 5.47. The minimum Gasteiger partial charge on any atom is -0.497 e. The van der Waals surface area contributed by atoms with Gasteiger partial charge in [0.05, 0.1) is 26.5 Å². The highest BCUT2D eigenvalue weighted by molar-refractivity contribution is 5.93. The third kappa shape index (κ3) is 7.27. The highest BCUT2D eigenvalue weighted by Gasteiger charge is 2.23. The maximum Gasteiger partial charge on any atom is 0.322 e. The van der Waals surface area contributed by atoms with Crippen LogP contribution in [0.4, 0.5) is 10.5 Å². The van der Waals surface area contributed by atoms with Crippen molar-refractivity contribution < 1.29 is 23.5 Å². The minimum absolute atomic E-state index is 0.0648. The molecule has 3 rings (SSSR count). The molecule has 3 aromatic rings. The summed E-state index contributed by atoms with van der Waals surface area (Å²) in [7, 11) is 3.09. The number of hydrogen-bond donors (Lipinski definition) is 1. The predicted octanol–water partition coefficient (Wildman–Crippen LogP) is 5.08. The largest absolute Gasteiger partial charge is 0.497 e. The molecule has 0 atom stereocenters. The molecule has 0 fully saturated rings. The second kappa shape index (κ2) is 12.5. The van der Waals surface area contributed by atoms with Gasteiger partial charge in [-0.25, -0.2) is 4.79 Å². The van der Waals surface area contributed by atoms with E-state index in [9.17, 15) is 9.59 Å². The van der Waals surface area contributed by atoms with Gasteiger partial charge in [0.25, 0.3) is 0 Å². The van der Waals surface area contributed by atoms with Gasteiger partial charge in [-0.2, -0.15) is 0 Å². The Labute approximate surface area is 206 Å². The Bertz CT molecular complexity index is 1110. The first kappa shape index (κ1) is 25.7. The Morgan fingerprint density at radius 3 is 2.34 bits per heavy atom. The van der Waals surface area contributed by atoms with Gasteiger partial charge in [0.2, 0.25) is 5.91 Å². The number of ether oxygens (including phenoxy) is 2. The van der Waals surface area contributed by atoms with Crippen LogP contribution < -0.4 is 14.8 Å². The second-order valence-corrected chi connectivity index (χ2v) is 8.17. The summed E-state index contributed by atoms with van der Waals surface area (Å²) in [5.74, 6) is 2.39. The van der Waals surface area contributed by atoms with E-state index in [2.05, 4.69) is 5.32 Å². The van der Waals surface area contributed by atoms with E-state index in [1.807, 2.05) is 56.3 Å². The summed E-state index contributed by atoms with van der Waals surface area (Å²) in [4.78, 5) is 29.8. The normalized spacial score (nSPS) is 10.5. The van der Waals surface area contributed by atoms with Crippen LogP contribution in [0.2, 0.25) is 0 Å². The van der Waals surface area contributed by atoms with Crippen LogP contribution in [-0.4, -0.2) is 49.0 Å². The fourth-order valence-corrected chi connectivity index (χ4v) is 3.68. The lowest BCUT2D eigenvalue weighted by Gasteiger charge is -2.27. The number of benzene rings is 2. The summed E-state index contributed by atoms with van der Waals surface area (Å²) in [6.07, 6.45) is 0.705. The first-order valence-corrected chi connectivity index (χ1v) is 11.6. The molecule has 0 spiro atoms. The molecule has 8 nitrogen and oxygen atoms in total. The monoisotopic (exact) mass is 479 g/mol. The average Bonchev–Trinajstić information content (AvgIpc) is 3.28. The van der Waals surface area contributed by atoms with Crippen molar-refractivity contribution in [3.05, 3.63) is 77.7 Å². The molecule has 8 heteroatoms. The molecule has 0 aliphatic rings. The molecule has 35 heavy (non-hydrogen) atoms. The molecule has 1 N–H and O–H groups in total. The fourth-order valence-electron chi connectivity index (χ4n) is 3.68. The van der Waals surface area contributed by atoms with Gasteiger partial charge < -0.3 is 29.0 Å². The molecule has 1 aromatic heterocycles. The summed E-state index contributed by atoms with van der Waals surface area (Å²) in [5.41, 5.74) is 1.50. The minimum atomic E-state index is -0.378. The van der Waals surface area contributed by atoms with E-state index in [1.54, 1.807) is 30.2 Å². The number of rotatable bonds is 11. The van der Waals surface area contributed by atoms with Gasteiger partial charge in [-0.05, 0) is 43.2 Å². The number of urea groups is 1. The molecule has 0 saturated heterocycles. The zero-order valence-electron chi connectivity index (χ0n) is 20.7. The molecule has 0 aliphatic carbocycles. The molecule has 2 aromatic carbocycles. The van der Waals surface area contributed by atoms with Gasteiger partial charge in [0.1, 0.15) is 29.6 Å². The number of amides is 3. The molecule has 0 bridgehead atoms. The van der Waals surface area contributed by atoms with Crippen molar-refractivity contribution in [2.75, 3.05) is 32.6 Å². The van der Waals surface area contributed by atoms with Crippen LogP contribution in [0, 0.1) is 6.92 Å². The van der Waals surface area contributed by atoms with E-state index in [1.165, 1.54) is 12.0 Å². The molecular weight excluding hydrogens is 446 g/mol. The molecule has 1 heterocycles. The van der Waals surface area contributed by atoms with E-state index >= 15 is 0 Å². The lowest BCUT2D eigenvalue weighted by molar-refractivity contribution is -0.133. The van der Waals surface area contributed by atoms with Crippen LogP contribution >= 0.6 is 0 Å². The van der Waals surface area contributed by atoms with Gasteiger partial charge in [-0.1, -0.05) is 37.3 Å². The summed E-state index contributed by atoms with van der Waals surface area (Å²) < 4.78 is 16.3. The number of carbonyl (C=O) groups is 2. The van der Waals surface area contributed by atoms with Crippen molar-refractivity contribution in [2.24, 2.45) is 0 Å². The van der Waals surface area contributed by atoms with Gasteiger partial charge in [-0.15, -0.1) is 0 Å². The van der Waals surface area contributed by atoms with Crippen LogP contribution in [0.15, 0.2) is 65.1 Å². The van der Waals surface area contributed by atoms with Crippen LogP contribution in [0.3, 0.4) is 0 Å². The zero-order chi connectivity index (χ0) is 25.2. The van der Waals surface area contributed by atoms with Crippen LogP contribution in [0.1, 0.15) is 30.4 Å². The van der Waals surface area contributed by atoms with Gasteiger partial charge in [0.15, 0.2) is 0 Å². The number of anilines is 1. The molecule has 0 unspecified atom stereocenters. The quantitative estimate of drug-likeness (QED) is 0.415. The summed E-state index contributed by atoms with van der Waals surface area (Å²) >= 11 is 0. The topological polar surface area (TPSA) is 84.3 Å². The SMILES string of the molecule is CCCN(CC(=O)N(Cc1ccccc1)Cc1ccc(C)o1)C(=O)Nc1ccc(OC)cc1OC. The molecular formula is C27H33N3O5. The molecule has 0 aliphatic heterocycles. The van der Waals surface area contributed by atoms with E-state index < -0.39 is 0 Å². The standard InChI is InChI=1S/C27H33N3O5/c1-5-15-29(27(32)28-24-14-13-22(33-3)16-25(24)34-4)19-26(31)30(17-21-9-7-6-8-10-21)18-23-12-11-20(2)35-23/h6-14,16H,5,15,17-19H2,1-4H3,(H,28,32). The van der Waals surface area contributed by atoms with Gasteiger partial charge >= 0.3 is 6.03 Å². The maximum atomic E-state index is 13.4. The van der Waals surface area contributed by atoms with E-state index in [4.69, 9.17) is 13.9 Å². The van der Waals surface area contributed by atoms with Crippen molar-refractivity contribution in [3.8, 4) is 11.5 Å².